The van der Waals surface area contributed by atoms with E-state index in [0.717, 1.165) is 11.3 Å². The monoisotopic (exact) mass is 382 g/mol. The molecule has 1 atom stereocenters. The fourth-order valence-electron chi connectivity index (χ4n) is 2.34. The highest BCUT2D eigenvalue weighted by molar-refractivity contribution is 8.00. The molecule has 5 nitrogen and oxygen atoms in total. The Morgan fingerprint density at radius 2 is 2.00 bits per heavy atom. The van der Waals surface area contributed by atoms with Gasteiger partial charge >= 0.3 is 0 Å². The molecule has 1 N–H and O–H groups in total. The van der Waals surface area contributed by atoms with Gasteiger partial charge in [0.15, 0.2) is 5.82 Å². The lowest BCUT2D eigenvalue weighted by atomic mass is 10.2. The van der Waals surface area contributed by atoms with Gasteiger partial charge in [-0.2, -0.15) is 0 Å². The first-order valence-corrected chi connectivity index (χ1v) is 9.05. The Morgan fingerprint density at radius 3 is 2.62 bits per heavy atom. The molecule has 0 saturated carbocycles. The first-order valence-electron chi connectivity index (χ1n) is 7.24. The zero-order chi connectivity index (χ0) is 17.3. The van der Waals surface area contributed by atoms with E-state index in [2.05, 4.69) is 10.4 Å². The second kappa shape index (κ2) is 7.09. The number of aromatic nitrogens is 1. The quantitative estimate of drug-likeness (QED) is 0.863. The van der Waals surface area contributed by atoms with Crippen LogP contribution in [0.1, 0.15) is 10.9 Å². The summed E-state index contributed by atoms with van der Waals surface area (Å²) in [5.41, 5.74) is 5.17. The normalized spacial score (nSPS) is 17.2. The van der Waals surface area contributed by atoms with Gasteiger partial charge in [0.1, 0.15) is 5.37 Å². The van der Waals surface area contributed by atoms with Crippen LogP contribution in [0.5, 0.6) is 0 Å². The van der Waals surface area contributed by atoms with Crippen molar-refractivity contribution in [2.24, 2.45) is 0 Å². The lowest BCUT2D eigenvalue weighted by Gasteiger charge is -2.26. The van der Waals surface area contributed by atoms with Crippen molar-refractivity contribution in [3.05, 3.63) is 52.1 Å². The third-order valence-corrected chi connectivity index (χ3v) is 5.30. The van der Waals surface area contributed by atoms with Crippen LogP contribution < -0.4 is 10.3 Å². The smallest absolute Gasteiger partial charge is 0.252 e. The fraction of sp³-hybridized carbons (Fsp3) is 0.250. The summed E-state index contributed by atoms with van der Waals surface area (Å²) in [6, 6.07) is 9.70. The predicted molar refractivity (Wildman–Crippen MR) is 101 cm³/mol. The molecule has 2 heterocycles. The number of anilines is 2. The number of pyridine rings is 1. The van der Waals surface area contributed by atoms with Crippen molar-refractivity contribution in [3.8, 4) is 0 Å². The summed E-state index contributed by atoms with van der Waals surface area (Å²) in [6.07, 6.45) is 1.49. The predicted octanol–water partition coefficient (Wildman–Crippen LogP) is 4.06. The van der Waals surface area contributed by atoms with Gasteiger partial charge in [-0.05, 0) is 23.8 Å². The number of benzene rings is 1. The number of nitrogens with zero attached hydrogens (tertiary/aromatic N) is 3. The summed E-state index contributed by atoms with van der Waals surface area (Å²) in [5.74, 6) is 0.791. The van der Waals surface area contributed by atoms with E-state index in [9.17, 15) is 4.79 Å². The van der Waals surface area contributed by atoms with Crippen LogP contribution in [0.15, 0.2) is 36.5 Å². The van der Waals surface area contributed by atoms with Crippen molar-refractivity contribution in [2.75, 3.05) is 30.2 Å². The Morgan fingerprint density at radius 1 is 1.29 bits per heavy atom. The van der Waals surface area contributed by atoms with Crippen LogP contribution in [0.25, 0.3) is 0 Å². The van der Waals surface area contributed by atoms with Gasteiger partial charge in [0.2, 0.25) is 0 Å². The van der Waals surface area contributed by atoms with Crippen molar-refractivity contribution in [3.63, 3.8) is 0 Å². The van der Waals surface area contributed by atoms with E-state index in [1.807, 2.05) is 43.3 Å². The summed E-state index contributed by atoms with van der Waals surface area (Å²) in [5, 5.41) is 2.25. The summed E-state index contributed by atoms with van der Waals surface area (Å²) < 4.78 is 0. The average molecular weight is 383 g/mol. The first kappa shape index (κ1) is 17.2. The zero-order valence-electron chi connectivity index (χ0n) is 13.2. The topological polar surface area (TPSA) is 48.5 Å². The molecule has 24 heavy (non-hydrogen) atoms. The second-order valence-electron chi connectivity index (χ2n) is 5.51. The molecule has 1 aromatic heterocycles. The molecule has 8 heteroatoms. The van der Waals surface area contributed by atoms with E-state index in [0.29, 0.717) is 21.6 Å². The third-order valence-electron chi connectivity index (χ3n) is 3.60. The summed E-state index contributed by atoms with van der Waals surface area (Å²) in [4.78, 5) is 18.4. The standard InChI is InChI=1S/C16H16Cl2N4OS/c1-21(2)12-5-3-10(4-6-12)16-22(14(23)9-24-16)20-15-13(18)7-11(17)8-19-15/h3-8,16H,9H2,1-2H3,(H,19,20)/t16-/m1/s1. The molecule has 1 aromatic carbocycles. The van der Waals surface area contributed by atoms with E-state index in [4.69, 9.17) is 23.2 Å². The highest BCUT2D eigenvalue weighted by Crippen LogP contribution is 2.39. The van der Waals surface area contributed by atoms with E-state index in [1.54, 1.807) is 22.8 Å². The van der Waals surface area contributed by atoms with Crippen LogP contribution in [0.4, 0.5) is 11.5 Å². The number of rotatable bonds is 4. The average Bonchev–Trinajstić information content (AvgIpc) is 2.91. The van der Waals surface area contributed by atoms with Gasteiger partial charge in [-0.3, -0.25) is 10.2 Å². The number of thioether (sulfide) groups is 1. The number of amides is 1. The second-order valence-corrected chi connectivity index (χ2v) is 7.42. The minimum absolute atomic E-state index is 0.0190. The Balaban J connectivity index is 1.83. The maximum absolute atomic E-state index is 12.3. The van der Waals surface area contributed by atoms with Gasteiger partial charge in [-0.25, -0.2) is 9.99 Å². The minimum Gasteiger partial charge on any atom is -0.378 e. The molecular formula is C16H16Cl2N4OS. The van der Waals surface area contributed by atoms with Crippen LogP contribution in [0, 0.1) is 0 Å². The number of carbonyl (C=O) groups is 1. The number of hydrogen-bond acceptors (Lipinski definition) is 5. The van der Waals surface area contributed by atoms with E-state index in [1.165, 1.54) is 6.20 Å². The Kier molecular flexibility index (Phi) is 5.08. The zero-order valence-corrected chi connectivity index (χ0v) is 15.5. The van der Waals surface area contributed by atoms with Crippen molar-refractivity contribution in [1.82, 2.24) is 9.99 Å². The van der Waals surface area contributed by atoms with Crippen LogP contribution in [-0.4, -0.2) is 35.7 Å². The van der Waals surface area contributed by atoms with E-state index >= 15 is 0 Å². The van der Waals surface area contributed by atoms with Crippen molar-refractivity contribution in [1.29, 1.82) is 0 Å². The van der Waals surface area contributed by atoms with Crippen LogP contribution in [0.2, 0.25) is 10.0 Å². The van der Waals surface area contributed by atoms with Crippen molar-refractivity contribution in [2.45, 2.75) is 5.37 Å². The van der Waals surface area contributed by atoms with Crippen LogP contribution in [0.3, 0.4) is 0 Å². The molecule has 3 rings (SSSR count). The molecule has 0 unspecified atom stereocenters. The summed E-state index contributed by atoms with van der Waals surface area (Å²) >= 11 is 13.6. The SMILES string of the molecule is CN(C)c1ccc([C@H]2SCC(=O)N2Nc2ncc(Cl)cc2Cl)cc1. The molecule has 1 saturated heterocycles. The highest BCUT2D eigenvalue weighted by Gasteiger charge is 2.33. The molecule has 1 amide bonds. The van der Waals surface area contributed by atoms with Gasteiger partial charge in [0.25, 0.3) is 5.91 Å². The Hall–Kier alpha value is -1.63. The number of hydrazine groups is 1. The maximum Gasteiger partial charge on any atom is 0.252 e. The number of carbonyl (C=O) groups excluding carboxylic acids is 1. The van der Waals surface area contributed by atoms with Crippen molar-refractivity contribution >= 4 is 52.4 Å². The molecule has 1 aliphatic rings. The molecule has 2 aromatic rings. The molecule has 0 bridgehead atoms. The lowest BCUT2D eigenvalue weighted by molar-refractivity contribution is -0.126. The fourth-order valence-corrected chi connectivity index (χ4v) is 3.87. The number of nitrogens with one attached hydrogen (secondary N) is 1. The molecule has 126 valence electrons. The summed E-state index contributed by atoms with van der Waals surface area (Å²) in [6.45, 7) is 0. The van der Waals surface area contributed by atoms with Gasteiger partial charge < -0.3 is 4.90 Å². The number of hydrogen-bond donors (Lipinski definition) is 1. The molecule has 0 radical (unpaired) electrons. The summed E-state index contributed by atoms with van der Waals surface area (Å²) in [7, 11) is 3.98. The van der Waals surface area contributed by atoms with E-state index < -0.39 is 0 Å². The maximum atomic E-state index is 12.3. The number of halogens is 2. The van der Waals surface area contributed by atoms with Gasteiger partial charge in [-0.15, -0.1) is 11.8 Å². The Labute approximate surface area is 154 Å². The van der Waals surface area contributed by atoms with E-state index in [-0.39, 0.29) is 11.3 Å². The van der Waals surface area contributed by atoms with Gasteiger partial charge in [-0.1, -0.05) is 35.3 Å². The lowest BCUT2D eigenvalue weighted by Crippen LogP contribution is -2.34. The molecule has 0 aliphatic carbocycles. The van der Waals surface area contributed by atoms with Crippen LogP contribution in [-0.2, 0) is 4.79 Å². The highest BCUT2D eigenvalue weighted by atomic mass is 35.5. The molecule has 0 spiro atoms. The third kappa shape index (κ3) is 3.55. The first-order chi connectivity index (χ1) is 11.5. The Bertz CT molecular complexity index is 754. The van der Waals surface area contributed by atoms with Crippen molar-refractivity contribution < 1.29 is 4.79 Å². The largest absolute Gasteiger partial charge is 0.378 e. The molecule has 1 aliphatic heterocycles. The van der Waals surface area contributed by atoms with Gasteiger partial charge in [0.05, 0.1) is 15.8 Å². The molecular weight excluding hydrogens is 367 g/mol. The minimum atomic E-state index is -0.137. The molecule has 1 fully saturated rings. The van der Waals surface area contributed by atoms with Gasteiger partial charge in [0, 0.05) is 26.0 Å². The van der Waals surface area contributed by atoms with Crippen LogP contribution >= 0.6 is 35.0 Å².